The van der Waals surface area contributed by atoms with Crippen LogP contribution in [0.3, 0.4) is 0 Å². The number of aliphatic hydroxyl groups is 1. The molecule has 0 aromatic carbocycles. The van der Waals surface area contributed by atoms with Gasteiger partial charge in [0, 0.05) is 13.2 Å². The lowest BCUT2D eigenvalue weighted by Gasteiger charge is -2.15. The predicted octanol–water partition coefficient (Wildman–Crippen LogP) is 1.98. The molecule has 14 heavy (non-hydrogen) atoms. The second kappa shape index (κ2) is 11.0. The highest BCUT2D eigenvalue weighted by Crippen LogP contribution is 1.97. The van der Waals surface area contributed by atoms with Gasteiger partial charge in [-0.1, -0.05) is 26.7 Å². The summed E-state index contributed by atoms with van der Waals surface area (Å²) in [4.78, 5) is 0. The fourth-order valence-electron chi connectivity index (χ4n) is 1.01. The van der Waals surface area contributed by atoms with Gasteiger partial charge in [0.05, 0.1) is 13.2 Å². The summed E-state index contributed by atoms with van der Waals surface area (Å²) in [6, 6.07) is 0. The number of unbranched alkanes of at least 4 members (excludes halogenated alkanes) is 2. The summed E-state index contributed by atoms with van der Waals surface area (Å²) in [7, 11) is 0. The van der Waals surface area contributed by atoms with Crippen LogP contribution in [0.4, 0.5) is 0 Å². The summed E-state index contributed by atoms with van der Waals surface area (Å²) in [5, 5.41) is 8.98. The van der Waals surface area contributed by atoms with E-state index in [9.17, 15) is 0 Å². The van der Waals surface area contributed by atoms with E-state index in [2.05, 4.69) is 13.8 Å². The first-order valence-electron chi connectivity index (χ1n) is 5.65. The summed E-state index contributed by atoms with van der Waals surface area (Å²) in [5.41, 5.74) is 0. The first-order chi connectivity index (χ1) is 6.85. The van der Waals surface area contributed by atoms with E-state index in [0.717, 1.165) is 38.9 Å². The van der Waals surface area contributed by atoms with E-state index in [1.165, 1.54) is 0 Å². The molecular formula is C11H24O3. The van der Waals surface area contributed by atoms with Crippen molar-refractivity contribution in [1.29, 1.82) is 0 Å². The van der Waals surface area contributed by atoms with Crippen molar-refractivity contribution in [3.63, 3.8) is 0 Å². The molecule has 0 amide bonds. The minimum Gasteiger partial charge on any atom is -0.394 e. The van der Waals surface area contributed by atoms with Crippen molar-refractivity contribution in [2.45, 2.75) is 45.6 Å². The highest BCUT2D eigenvalue weighted by molar-refractivity contribution is 4.53. The van der Waals surface area contributed by atoms with Gasteiger partial charge in [0.15, 0.2) is 0 Å². The van der Waals surface area contributed by atoms with Crippen LogP contribution < -0.4 is 0 Å². The van der Waals surface area contributed by atoms with E-state index in [0.29, 0.717) is 6.61 Å². The summed E-state index contributed by atoms with van der Waals surface area (Å²) >= 11 is 0. The lowest BCUT2D eigenvalue weighted by molar-refractivity contribution is -0.0433. The minimum absolute atomic E-state index is 0.0514. The smallest absolute Gasteiger partial charge is 0.104 e. The van der Waals surface area contributed by atoms with Gasteiger partial charge in [-0.3, -0.25) is 0 Å². The molecule has 1 atom stereocenters. The van der Waals surface area contributed by atoms with Gasteiger partial charge in [-0.25, -0.2) is 0 Å². The maximum absolute atomic E-state index is 8.98. The van der Waals surface area contributed by atoms with Gasteiger partial charge in [0.25, 0.3) is 0 Å². The molecule has 0 saturated carbocycles. The Morgan fingerprint density at radius 3 is 2.29 bits per heavy atom. The molecule has 0 fully saturated rings. The monoisotopic (exact) mass is 204 g/mol. The molecule has 0 saturated heterocycles. The second-order valence-electron chi connectivity index (χ2n) is 3.46. The maximum Gasteiger partial charge on any atom is 0.104 e. The third-order valence-corrected chi connectivity index (χ3v) is 2.00. The van der Waals surface area contributed by atoms with Gasteiger partial charge >= 0.3 is 0 Å². The van der Waals surface area contributed by atoms with Crippen LogP contribution in [-0.4, -0.2) is 37.6 Å². The normalized spacial score (nSPS) is 13.1. The average Bonchev–Trinajstić information content (AvgIpc) is 2.22. The van der Waals surface area contributed by atoms with Crippen LogP contribution in [0.1, 0.15) is 39.5 Å². The van der Waals surface area contributed by atoms with Crippen LogP contribution in [0.2, 0.25) is 0 Å². The number of ether oxygens (including phenoxy) is 2. The summed E-state index contributed by atoms with van der Waals surface area (Å²) in [5.74, 6) is 0. The van der Waals surface area contributed by atoms with Crippen LogP contribution in [0, 0.1) is 0 Å². The zero-order valence-corrected chi connectivity index (χ0v) is 9.50. The van der Waals surface area contributed by atoms with Crippen LogP contribution >= 0.6 is 0 Å². The Kier molecular flexibility index (Phi) is 10.9. The highest BCUT2D eigenvalue weighted by Gasteiger charge is 2.06. The minimum atomic E-state index is -0.140. The van der Waals surface area contributed by atoms with Crippen molar-refractivity contribution in [3.05, 3.63) is 0 Å². The predicted molar refractivity (Wildman–Crippen MR) is 57.5 cm³/mol. The van der Waals surface area contributed by atoms with Gasteiger partial charge in [-0.05, 0) is 12.8 Å². The molecule has 0 aliphatic carbocycles. The van der Waals surface area contributed by atoms with Crippen LogP contribution in [0.5, 0.6) is 0 Å². The van der Waals surface area contributed by atoms with Crippen molar-refractivity contribution >= 4 is 0 Å². The zero-order chi connectivity index (χ0) is 10.6. The molecule has 0 spiro atoms. The van der Waals surface area contributed by atoms with E-state index in [4.69, 9.17) is 14.6 Å². The topological polar surface area (TPSA) is 38.7 Å². The Morgan fingerprint density at radius 1 is 1.07 bits per heavy atom. The van der Waals surface area contributed by atoms with Crippen LogP contribution in [-0.2, 0) is 9.47 Å². The fraction of sp³-hybridized carbons (Fsp3) is 1.00. The van der Waals surface area contributed by atoms with Crippen LogP contribution in [0.25, 0.3) is 0 Å². The molecule has 0 unspecified atom stereocenters. The van der Waals surface area contributed by atoms with Gasteiger partial charge in [-0.2, -0.15) is 0 Å². The van der Waals surface area contributed by atoms with Crippen molar-refractivity contribution in [1.82, 2.24) is 0 Å². The molecule has 0 bridgehead atoms. The number of hydrogen-bond acceptors (Lipinski definition) is 3. The van der Waals surface area contributed by atoms with Gasteiger partial charge in [0.2, 0.25) is 0 Å². The van der Waals surface area contributed by atoms with E-state index < -0.39 is 0 Å². The third-order valence-electron chi connectivity index (χ3n) is 2.00. The molecule has 0 aliphatic heterocycles. The van der Waals surface area contributed by atoms with E-state index >= 15 is 0 Å². The second-order valence-corrected chi connectivity index (χ2v) is 3.46. The van der Waals surface area contributed by atoms with E-state index in [1.807, 2.05) is 0 Å². The molecule has 0 radical (unpaired) electrons. The summed E-state index contributed by atoms with van der Waals surface area (Å²) < 4.78 is 10.8. The SMILES string of the molecule is CCCCOC[C@H](CO)OCCCC. The Hall–Kier alpha value is -0.120. The zero-order valence-electron chi connectivity index (χ0n) is 9.50. The van der Waals surface area contributed by atoms with Crippen molar-refractivity contribution in [2.24, 2.45) is 0 Å². The Balaban J connectivity index is 3.28. The van der Waals surface area contributed by atoms with Crippen molar-refractivity contribution < 1.29 is 14.6 Å². The summed E-state index contributed by atoms with van der Waals surface area (Å²) in [6.45, 7) is 6.30. The molecule has 0 aromatic rings. The molecule has 3 heteroatoms. The van der Waals surface area contributed by atoms with Crippen molar-refractivity contribution in [3.8, 4) is 0 Å². The number of aliphatic hydroxyl groups excluding tert-OH is 1. The Morgan fingerprint density at radius 2 is 1.71 bits per heavy atom. The van der Waals surface area contributed by atoms with Crippen molar-refractivity contribution in [2.75, 3.05) is 26.4 Å². The molecular weight excluding hydrogens is 180 g/mol. The quantitative estimate of drug-likeness (QED) is 0.553. The van der Waals surface area contributed by atoms with Crippen LogP contribution in [0.15, 0.2) is 0 Å². The fourth-order valence-corrected chi connectivity index (χ4v) is 1.01. The maximum atomic E-state index is 8.98. The first-order valence-corrected chi connectivity index (χ1v) is 5.65. The average molecular weight is 204 g/mol. The molecule has 0 aliphatic rings. The lowest BCUT2D eigenvalue weighted by Crippen LogP contribution is -2.24. The van der Waals surface area contributed by atoms with E-state index in [1.54, 1.807) is 0 Å². The van der Waals surface area contributed by atoms with Gasteiger partial charge in [0.1, 0.15) is 6.10 Å². The Labute approximate surface area is 87.4 Å². The number of hydrogen-bond donors (Lipinski definition) is 1. The Bertz CT molecular complexity index is 107. The standard InChI is InChI=1S/C11H24O3/c1-3-5-7-13-10-11(9-12)14-8-6-4-2/h11-12H,3-10H2,1-2H3/t11-/m0/s1. The molecule has 0 heterocycles. The largest absolute Gasteiger partial charge is 0.394 e. The molecule has 0 aromatic heterocycles. The lowest BCUT2D eigenvalue weighted by atomic mass is 10.3. The number of rotatable bonds is 10. The van der Waals surface area contributed by atoms with E-state index in [-0.39, 0.29) is 12.7 Å². The molecule has 3 nitrogen and oxygen atoms in total. The summed E-state index contributed by atoms with van der Waals surface area (Å²) in [6.07, 6.45) is 4.24. The van der Waals surface area contributed by atoms with Gasteiger partial charge in [-0.15, -0.1) is 0 Å². The first kappa shape index (κ1) is 13.9. The molecule has 0 rings (SSSR count). The molecule has 86 valence electrons. The van der Waals surface area contributed by atoms with Gasteiger partial charge < -0.3 is 14.6 Å². The molecule has 1 N–H and O–H groups in total. The third kappa shape index (κ3) is 8.48. The highest BCUT2D eigenvalue weighted by atomic mass is 16.5.